The summed E-state index contributed by atoms with van der Waals surface area (Å²) in [7, 11) is 0. The summed E-state index contributed by atoms with van der Waals surface area (Å²) in [6.07, 6.45) is 0. The topological polar surface area (TPSA) is 37.3 Å². The third kappa shape index (κ3) is 1.50. The second-order valence-corrected chi connectivity index (χ2v) is 5.31. The maximum Gasteiger partial charge on any atom is 0.180 e. The molecule has 1 aliphatic carbocycles. The molecule has 1 atom stereocenters. The lowest BCUT2D eigenvalue weighted by molar-refractivity contribution is 0.0793. The molecule has 2 aromatic rings. The van der Waals surface area contributed by atoms with Crippen LogP contribution in [0.25, 0.3) is 0 Å². The van der Waals surface area contributed by atoms with Crippen LogP contribution >= 0.6 is 0 Å². The molecule has 3 rings (SSSR count). The SMILES string of the molecule is Cc1ccc([C@]2(CO)C(=O)c3cc(C)ccc32)cc1. The maximum absolute atomic E-state index is 12.5. The van der Waals surface area contributed by atoms with Gasteiger partial charge >= 0.3 is 0 Å². The number of aliphatic hydroxyl groups excluding tert-OH is 1. The largest absolute Gasteiger partial charge is 0.395 e. The van der Waals surface area contributed by atoms with Crippen molar-refractivity contribution in [1.82, 2.24) is 0 Å². The van der Waals surface area contributed by atoms with Crippen molar-refractivity contribution >= 4 is 5.78 Å². The van der Waals surface area contributed by atoms with Crippen molar-refractivity contribution in [2.24, 2.45) is 0 Å². The fourth-order valence-electron chi connectivity index (χ4n) is 2.88. The number of aliphatic hydroxyl groups is 1. The minimum Gasteiger partial charge on any atom is -0.395 e. The van der Waals surface area contributed by atoms with Crippen molar-refractivity contribution in [3.63, 3.8) is 0 Å². The van der Waals surface area contributed by atoms with Gasteiger partial charge in [-0.2, -0.15) is 0 Å². The van der Waals surface area contributed by atoms with Crippen molar-refractivity contribution in [1.29, 1.82) is 0 Å². The molecule has 0 saturated heterocycles. The summed E-state index contributed by atoms with van der Waals surface area (Å²) in [6, 6.07) is 13.7. The van der Waals surface area contributed by atoms with Crippen LogP contribution in [0.15, 0.2) is 42.5 Å². The monoisotopic (exact) mass is 252 g/mol. The Morgan fingerprint density at radius 3 is 2.26 bits per heavy atom. The molecule has 0 spiro atoms. The van der Waals surface area contributed by atoms with E-state index in [4.69, 9.17) is 0 Å². The number of benzene rings is 2. The molecular formula is C17H16O2. The molecule has 0 unspecified atom stereocenters. The standard InChI is InChI=1S/C17H16O2/c1-11-3-6-13(7-4-11)17(10-18)15-8-5-12(2)9-14(15)16(17)19/h3-9,18H,10H2,1-2H3/t17-/m0/s1. The van der Waals surface area contributed by atoms with Crippen molar-refractivity contribution in [3.8, 4) is 0 Å². The fourth-order valence-corrected chi connectivity index (χ4v) is 2.88. The molecule has 2 aromatic carbocycles. The smallest absolute Gasteiger partial charge is 0.180 e. The molecule has 2 heteroatoms. The predicted octanol–water partition coefficient (Wildman–Crippen LogP) is 2.78. The number of hydrogen-bond donors (Lipinski definition) is 1. The first-order chi connectivity index (χ1) is 9.09. The summed E-state index contributed by atoms with van der Waals surface area (Å²) in [6.45, 7) is 3.80. The van der Waals surface area contributed by atoms with Gasteiger partial charge in [0, 0.05) is 5.56 Å². The summed E-state index contributed by atoms with van der Waals surface area (Å²) in [4.78, 5) is 12.5. The summed E-state index contributed by atoms with van der Waals surface area (Å²) in [5, 5.41) is 9.82. The van der Waals surface area contributed by atoms with Crippen LogP contribution in [0.4, 0.5) is 0 Å². The second-order valence-electron chi connectivity index (χ2n) is 5.31. The Bertz CT molecular complexity index is 655. The van der Waals surface area contributed by atoms with Gasteiger partial charge in [-0.3, -0.25) is 4.79 Å². The highest BCUT2D eigenvalue weighted by atomic mass is 16.3. The third-order valence-corrected chi connectivity index (χ3v) is 4.05. The Labute approximate surface area is 112 Å². The van der Waals surface area contributed by atoms with E-state index < -0.39 is 5.41 Å². The van der Waals surface area contributed by atoms with Crippen LogP contribution in [0, 0.1) is 13.8 Å². The van der Waals surface area contributed by atoms with Crippen molar-refractivity contribution in [2.75, 3.05) is 6.61 Å². The van der Waals surface area contributed by atoms with Gasteiger partial charge in [0.15, 0.2) is 5.78 Å². The lowest BCUT2D eigenvalue weighted by atomic mass is 9.59. The highest BCUT2D eigenvalue weighted by molar-refractivity contribution is 6.16. The van der Waals surface area contributed by atoms with Gasteiger partial charge in [0.2, 0.25) is 0 Å². The first kappa shape index (κ1) is 12.1. The maximum atomic E-state index is 12.5. The van der Waals surface area contributed by atoms with E-state index in [2.05, 4.69) is 0 Å². The highest BCUT2D eigenvalue weighted by Gasteiger charge is 2.52. The molecule has 0 radical (unpaired) electrons. The molecule has 0 aliphatic heterocycles. The van der Waals surface area contributed by atoms with E-state index in [9.17, 15) is 9.90 Å². The average molecular weight is 252 g/mol. The number of Topliss-reactive ketones (excluding diaryl/α,β-unsaturated/α-hetero) is 1. The first-order valence-electron chi connectivity index (χ1n) is 6.43. The number of carbonyl (C=O) groups excluding carboxylic acids is 1. The quantitative estimate of drug-likeness (QED) is 0.892. The molecule has 19 heavy (non-hydrogen) atoms. The zero-order valence-electron chi connectivity index (χ0n) is 11.1. The fraction of sp³-hybridized carbons (Fsp3) is 0.235. The van der Waals surface area contributed by atoms with Gasteiger partial charge < -0.3 is 5.11 Å². The number of carbonyl (C=O) groups is 1. The van der Waals surface area contributed by atoms with Crippen LogP contribution in [0.5, 0.6) is 0 Å². The minimum atomic E-state index is -0.850. The number of rotatable bonds is 2. The van der Waals surface area contributed by atoms with E-state index in [0.717, 1.165) is 27.8 Å². The Hall–Kier alpha value is -1.93. The van der Waals surface area contributed by atoms with Crippen LogP contribution in [0.2, 0.25) is 0 Å². The number of hydrogen-bond acceptors (Lipinski definition) is 2. The van der Waals surface area contributed by atoms with E-state index in [1.807, 2.05) is 56.3 Å². The molecule has 0 aromatic heterocycles. The van der Waals surface area contributed by atoms with E-state index in [-0.39, 0.29) is 12.4 Å². The van der Waals surface area contributed by atoms with Crippen LogP contribution < -0.4 is 0 Å². The zero-order chi connectivity index (χ0) is 13.6. The van der Waals surface area contributed by atoms with Gasteiger partial charge in [0.1, 0.15) is 5.41 Å². The summed E-state index contributed by atoms with van der Waals surface area (Å²) in [5.41, 5.74) is 3.93. The van der Waals surface area contributed by atoms with Crippen LogP contribution in [-0.4, -0.2) is 17.5 Å². The number of aryl methyl sites for hydroxylation is 2. The molecule has 0 fully saturated rings. The van der Waals surface area contributed by atoms with Gasteiger partial charge in [-0.05, 0) is 31.0 Å². The molecule has 0 heterocycles. The Morgan fingerprint density at radius 1 is 1.00 bits per heavy atom. The molecule has 0 bridgehead atoms. The first-order valence-corrected chi connectivity index (χ1v) is 6.43. The van der Waals surface area contributed by atoms with Crippen LogP contribution in [0.3, 0.4) is 0 Å². The molecule has 1 aliphatic rings. The van der Waals surface area contributed by atoms with Gasteiger partial charge in [-0.15, -0.1) is 0 Å². The Balaban J connectivity index is 2.19. The Kier molecular flexibility index (Phi) is 2.58. The molecule has 0 saturated carbocycles. The zero-order valence-corrected chi connectivity index (χ0v) is 11.1. The lowest BCUT2D eigenvalue weighted by Gasteiger charge is -2.41. The summed E-state index contributed by atoms with van der Waals surface area (Å²) in [5.74, 6) is 0.0255. The minimum absolute atomic E-state index is 0.0255. The predicted molar refractivity (Wildman–Crippen MR) is 74.6 cm³/mol. The molecule has 1 N–H and O–H groups in total. The van der Waals surface area contributed by atoms with Gasteiger partial charge in [-0.1, -0.05) is 47.5 Å². The third-order valence-electron chi connectivity index (χ3n) is 4.05. The number of fused-ring (bicyclic) bond motifs is 1. The van der Waals surface area contributed by atoms with Crippen LogP contribution in [-0.2, 0) is 5.41 Å². The average Bonchev–Trinajstić information content (AvgIpc) is 2.42. The van der Waals surface area contributed by atoms with Crippen molar-refractivity contribution < 1.29 is 9.90 Å². The van der Waals surface area contributed by atoms with E-state index >= 15 is 0 Å². The van der Waals surface area contributed by atoms with E-state index in [0.29, 0.717) is 0 Å². The Morgan fingerprint density at radius 2 is 1.63 bits per heavy atom. The second kappa shape index (κ2) is 4.04. The molecule has 2 nitrogen and oxygen atoms in total. The van der Waals surface area contributed by atoms with Crippen LogP contribution in [0.1, 0.15) is 32.6 Å². The summed E-state index contributed by atoms with van der Waals surface area (Å²) < 4.78 is 0. The lowest BCUT2D eigenvalue weighted by Crippen LogP contribution is -2.50. The van der Waals surface area contributed by atoms with Crippen molar-refractivity contribution in [2.45, 2.75) is 19.3 Å². The van der Waals surface area contributed by atoms with Gasteiger partial charge in [0.05, 0.1) is 6.61 Å². The number of ketones is 1. The van der Waals surface area contributed by atoms with Crippen molar-refractivity contribution in [3.05, 3.63) is 70.3 Å². The highest BCUT2D eigenvalue weighted by Crippen LogP contribution is 2.46. The van der Waals surface area contributed by atoms with E-state index in [1.165, 1.54) is 0 Å². The molecule has 0 amide bonds. The molecule has 96 valence electrons. The molecular weight excluding hydrogens is 236 g/mol. The normalized spacial score (nSPS) is 20.9. The van der Waals surface area contributed by atoms with Gasteiger partial charge in [0.25, 0.3) is 0 Å². The van der Waals surface area contributed by atoms with Gasteiger partial charge in [-0.25, -0.2) is 0 Å². The van der Waals surface area contributed by atoms with E-state index in [1.54, 1.807) is 0 Å². The summed E-state index contributed by atoms with van der Waals surface area (Å²) >= 11 is 0.